The van der Waals surface area contributed by atoms with Crippen LogP contribution in [0.4, 0.5) is 0 Å². The smallest absolute Gasteiger partial charge is 0.255 e. The average Bonchev–Trinajstić information content (AvgIpc) is 2.87. The van der Waals surface area contributed by atoms with Crippen molar-refractivity contribution in [3.05, 3.63) is 23.5 Å². The molecule has 0 radical (unpaired) electrons. The Morgan fingerprint density at radius 2 is 2.27 bits per heavy atom. The minimum absolute atomic E-state index is 0.0468. The molecule has 3 rings (SSSR count). The molecule has 3 heterocycles. The molecule has 1 aliphatic rings. The van der Waals surface area contributed by atoms with E-state index in [0.717, 1.165) is 36.1 Å². The molecule has 0 bridgehead atoms. The normalized spacial score (nSPS) is 22.3. The van der Waals surface area contributed by atoms with E-state index >= 15 is 0 Å². The first-order chi connectivity index (χ1) is 10.5. The van der Waals surface area contributed by atoms with E-state index in [4.69, 9.17) is 5.73 Å². The zero-order valence-corrected chi connectivity index (χ0v) is 13.4. The lowest BCUT2D eigenvalue weighted by atomic mass is 9.90. The van der Waals surface area contributed by atoms with Gasteiger partial charge in [-0.15, -0.1) is 0 Å². The summed E-state index contributed by atoms with van der Waals surface area (Å²) in [6.07, 6.45) is 3.88. The van der Waals surface area contributed by atoms with Crippen molar-refractivity contribution in [2.24, 2.45) is 18.7 Å². The number of nitrogens with zero attached hydrogens (tertiary/aromatic N) is 4. The molecule has 0 saturated carbocycles. The largest absolute Gasteiger partial charge is 0.334 e. The molecular formula is C16H23N5O. The van der Waals surface area contributed by atoms with Crippen molar-refractivity contribution in [1.29, 1.82) is 0 Å². The van der Waals surface area contributed by atoms with Crippen molar-refractivity contribution in [3.8, 4) is 0 Å². The summed E-state index contributed by atoms with van der Waals surface area (Å²) in [6, 6.07) is 1.97. The second-order valence-electron chi connectivity index (χ2n) is 6.24. The predicted octanol–water partition coefficient (Wildman–Crippen LogP) is 1.48. The monoisotopic (exact) mass is 301 g/mol. The number of amides is 1. The third-order valence-electron chi connectivity index (χ3n) is 4.68. The number of aromatic nitrogens is 3. The van der Waals surface area contributed by atoms with Gasteiger partial charge >= 0.3 is 0 Å². The number of pyridine rings is 1. The third-order valence-corrected chi connectivity index (χ3v) is 4.68. The molecule has 6 heteroatoms. The van der Waals surface area contributed by atoms with Crippen molar-refractivity contribution >= 4 is 16.9 Å². The van der Waals surface area contributed by atoms with Crippen molar-refractivity contribution in [2.45, 2.75) is 32.7 Å². The van der Waals surface area contributed by atoms with Crippen molar-refractivity contribution in [2.75, 3.05) is 13.1 Å². The Morgan fingerprint density at radius 1 is 1.50 bits per heavy atom. The van der Waals surface area contributed by atoms with Gasteiger partial charge < -0.3 is 10.6 Å². The number of rotatable bonds is 2. The molecule has 118 valence electrons. The van der Waals surface area contributed by atoms with E-state index in [1.807, 2.05) is 24.9 Å². The molecule has 1 saturated heterocycles. The highest BCUT2D eigenvalue weighted by atomic mass is 16.2. The van der Waals surface area contributed by atoms with Crippen LogP contribution in [0.1, 0.15) is 35.8 Å². The zero-order valence-electron chi connectivity index (χ0n) is 13.4. The molecule has 2 aromatic heterocycles. The lowest BCUT2D eigenvalue weighted by Gasteiger charge is -2.39. The van der Waals surface area contributed by atoms with Crippen LogP contribution in [0.25, 0.3) is 11.0 Å². The van der Waals surface area contributed by atoms with Crippen molar-refractivity contribution < 1.29 is 4.79 Å². The van der Waals surface area contributed by atoms with E-state index in [9.17, 15) is 4.79 Å². The number of hydrogen-bond acceptors (Lipinski definition) is 4. The number of carbonyl (C=O) groups excluding carboxylic acids is 1. The zero-order chi connectivity index (χ0) is 15.9. The highest BCUT2D eigenvalue weighted by Gasteiger charge is 2.32. The van der Waals surface area contributed by atoms with Gasteiger partial charge in [0.05, 0.1) is 17.1 Å². The lowest BCUT2D eigenvalue weighted by Crippen LogP contribution is -2.51. The topological polar surface area (TPSA) is 77.0 Å². The molecule has 0 aliphatic carbocycles. The summed E-state index contributed by atoms with van der Waals surface area (Å²) < 4.78 is 1.71. The van der Waals surface area contributed by atoms with Crippen LogP contribution in [0, 0.1) is 12.8 Å². The highest BCUT2D eigenvalue weighted by Crippen LogP contribution is 2.26. The summed E-state index contributed by atoms with van der Waals surface area (Å²) in [7, 11) is 1.84. The van der Waals surface area contributed by atoms with E-state index in [0.29, 0.717) is 18.0 Å². The minimum Gasteiger partial charge on any atom is -0.334 e. The molecule has 0 unspecified atom stereocenters. The Kier molecular flexibility index (Phi) is 3.87. The first-order valence-electron chi connectivity index (χ1n) is 7.83. The summed E-state index contributed by atoms with van der Waals surface area (Å²) in [5, 5.41) is 5.05. The van der Waals surface area contributed by atoms with Gasteiger partial charge in [-0.05, 0) is 31.7 Å². The molecule has 0 spiro atoms. The first-order valence-corrected chi connectivity index (χ1v) is 7.83. The third kappa shape index (κ3) is 2.37. The van der Waals surface area contributed by atoms with Gasteiger partial charge in [-0.1, -0.05) is 6.92 Å². The maximum Gasteiger partial charge on any atom is 0.255 e. The number of hydrogen-bond donors (Lipinski definition) is 1. The van der Waals surface area contributed by atoms with Crippen LogP contribution in [0.2, 0.25) is 0 Å². The molecule has 1 fully saturated rings. The Labute approximate surface area is 130 Å². The van der Waals surface area contributed by atoms with E-state index in [1.165, 1.54) is 0 Å². The molecule has 1 amide bonds. The maximum absolute atomic E-state index is 13.1. The second kappa shape index (κ2) is 5.68. The number of aryl methyl sites for hydroxylation is 2. The fourth-order valence-electron chi connectivity index (χ4n) is 3.43. The molecule has 2 N–H and O–H groups in total. The second-order valence-corrected chi connectivity index (χ2v) is 6.24. The van der Waals surface area contributed by atoms with Crippen LogP contribution in [-0.2, 0) is 7.05 Å². The Morgan fingerprint density at radius 3 is 3.00 bits per heavy atom. The number of fused-ring (bicyclic) bond motifs is 1. The van der Waals surface area contributed by atoms with Gasteiger partial charge in [0.2, 0.25) is 0 Å². The van der Waals surface area contributed by atoms with Crippen molar-refractivity contribution in [1.82, 2.24) is 19.7 Å². The molecule has 2 atom stereocenters. The lowest BCUT2D eigenvalue weighted by molar-refractivity contribution is 0.0534. The minimum atomic E-state index is 0.0468. The fraction of sp³-hybridized carbons (Fsp3) is 0.562. The van der Waals surface area contributed by atoms with Crippen LogP contribution >= 0.6 is 0 Å². The van der Waals surface area contributed by atoms with Gasteiger partial charge in [-0.3, -0.25) is 9.48 Å². The summed E-state index contributed by atoms with van der Waals surface area (Å²) >= 11 is 0. The van der Waals surface area contributed by atoms with Gasteiger partial charge in [0.15, 0.2) is 5.65 Å². The molecule has 22 heavy (non-hydrogen) atoms. The number of likely N-dealkylation sites (tertiary alicyclic amines) is 1. The summed E-state index contributed by atoms with van der Waals surface area (Å²) in [6.45, 7) is 5.36. The first kappa shape index (κ1) is 15.0. The van der Waals surface area contributed by atoms with E-state index in [2.05, 4.69) is 17.0 Å². The van der Waals surface area contributed by atoms with Crippen molar-refractivity contribution in [3.63, 3.8) is 0 Å². The van der Waals surface area contributed by atoms with Crippen LogP contribution in [0.15, 0.2) is 12.3 Å². The van der Waals surface area contributed by atoms with Crippen LogP contribution in [-0.4, -0.2) is 44.7 Å². The van der Waals surface area contributed by atoms with E-state index in [1.54, 1.807) is 10.9 Å². The predicted molar refractivity (Wildman–Crippen MR) is 85.5 cm³/mol. The van der Waals surface area contributed by atoms with Gasteiger partial charge in [0, 0.05) is 31.9 Å². The molecule has 6 nitrogen and oxygen atoms in total. The van der Waals surface area contributed by atoms with Gasteiger partial charge in [-0.2, -0.15) is 5.10 Å². The Balaban J connectivity index is 2.05. The quantitative estimate of drug-likeness (QED) is 0.911. The summed E-state index contributed by atoms with van der Waals surface area (Å²) in [5.41, 5.74) is 8.18. The number of carbonyl (C=O) groups is 1. The van der Waals surface area contributed by atoms with Gasteiger partial charge in [0.1, 0.15) is 0 Å². The van der Waals surface area contributed by atoms with E-state index in [-0.39, 0.29) is 11.9 Å². The SMILES string of the molecule is Cc1cc(C(=O)N2CCC[C@H](C)[C@H]2CN)c2cnn(C)c2n1. The average molecular weight is 301 g/mol. The Bertz CT molecular complexity index is 708. The van der Waals surface area contributed by atoms with Crippen LogP contribution in [0.5, 0.6) is 0 Å². The molecule has 0 aromatic carbocycles. The van der Waals surface area contributed by atoms with Crippen LogP contribution < -0.4 is 5.73 Å². The summed E-state index contributed by atoms with van der Waals surface area (Å²) in [5.74, 6) is 0.487. The Hall–Kier alpha value is -1.95. The maximum atomic E-state index is 13.1. The van der Waals surface area contributed by atoms with Gasteiger partial charge in [-0.25, -0.2) is 4.98 Å². The number of nitrogens with two attached hydrogens (primary N) is 1. The number of piperidine rings is 1. The summed E-state index contributed by atoms with van der Waals surface area (Å²) in [4.78, 5) is 19.5. The molecular weight excluding hydrogens is 278 g/mol. The molecule has 1 aliphatic heterocycles. The van der Waals surface area contributed by atoms with Gasteiger partial charge in [0.25, 0.3) is 5.91 Å². The van der Waals surface area contributed by atoms with E-state index < -0.39 is 0 Å². The molecule has 2 aromatic rings. The fourth-order valence-corrected chi connectivity index (χ4v) is 3.43. The highest BCUT2D eigenvalue weighted by molar-refractivity contribution is 6.05. The van der Waals surface area contributed by atoms with Crippen LogP contribution in [0.3, 0.4) is 0 Å². The standard InChI is InChI=1S/C16H23N5O/c1-10-5-4-6-21(14(10)8-17)16(22)12-7-11(2)19-15-13(12)9-18-20(15)3/h7,9-10,14H,4-6,8,17H2,1-3H3/t10-,14+/m0/s1.